The maximum absolute atomic E-state index is 13.9. The maximum atomic E-state index is 13.9. The molecule has 1 aliphatic heterocycles. The van der Waals surface area contributed by atoms with Crippen LogP contribution in [-0.2, 0) is 26.3 Å². The van der Waals surface area contributed by atoms with Crippen LogP contribution in [0, 0.1) is 16.7 Å². The molecule has 3 rings (SSSR count). The van der Waals surface area contributed by atoms with Gasteiger partial charge in [-0.3, -0.25) is 9.59 Å². The van der Waals surface area contributed by atoms with Crippen molar-refractivity contribution in [3.8, 4) is 6.07 Å². The van der Waals surface area contributed by atoms with E-state index in [-0.39, 0.29) is 24.5 Å². The summed E-state index contributed by atoms with van der Waals surface area (Å²) < 4.78 is 5.36. The number of carbonyl (C=O) groups is 3. The van der Waals surface area contributed by atoms with E-state index in [0.717, 1.165) is 11.1 Å². The lowest BCUT2D eigenvalue weighted by Gasteiger charge is -2.36. The van der Waals surface area contributed by atoms with Gasteiger partial charge in [0.05, 0.1) is 11.5 Å². The number of para-hydroxylation sites is 1. The van der Waals surface area contributed by atoms with Crippen LogP contribution in [0.15, 0.2) is 54.6 Å². The third kappa shape index (κ3) is 6.22. The molecule has 0 aromatic heterocycles. The van der Waals surface area contributed by atoms with Crippen molar-refractivity contribution >= 4 is 23.6 Å². The zero-order valence-corrected chi connectivity index (χ0v) is 21.5. The molecule has 0 saturated heterocycles. The number of ether oxygens (including phenoxy) is 1. The second-order valence-electron chi connectivity index (χ2n) is 10.6. The molecule has 3 amide bonds. The van der Waals surface area contributed by atoms with Gasteiger partial charge in [-0.25, -0.2) is 4.79 Å². The second-order valence-corrected chi connectivity index (χ2v) is 10.6. The average molecular weight is 491 g/mol. The lowest BCUT2D eigenvalue weighted by molar-refractivity contribution is -0.137. The molecule has 0 unspecified atom stereocenters. The molecule has 1 heterocycles. The molecule has 1 aliphatic rings. The van der Waals surface area contributed by atoms with Crippen molar-refractivity contribution in [1.82, 2.24) is 10.2 Å². The summed E-state index contributed by atoms with van der Waals surface area (Å²) in [5.74, 6) is -0.678. The van der Waals surface area contributed by atoms with Crippen LogP contribution in [0.4, 0.5) is 10.5 Å². The maximum Gasteiger partial charge on any atom is 0.408 e. The summed E-state index contributed by atoms with van der Waals surface area (Å²) in [7, 11) is 0. The van der Waals surface area contributed by atoms with Crippen molar-refractivity contribution in [3.63, 3.8) is 0 Å². The smallest absolute Gasteiger partial charge is 0.408 e. The Labute approximate surface area is 212 Å². The van der Waals surface area contributed by atoms with Gasteiger partial charge in [-0.1, -0.05) is 69.3 Å². The van der Waals surface area contributed by atoms with Crippen LogP contribution in [0.25, 0.3) is 0 Å². The summed E-state index contributed by atoms with van der Waals surface area (Å²) in [4.78, 5) is 40.9. The van der Waals surface area contributed by atoms with E-state index in [1.54, 1.807) is 13.8 Å². The van der Waals surface area contributed by atoms with E-state index in [0.29, 0.717) is 12.1 Å². The van der Waals surface area contributed by atoms with Crippen LogP contribution in [0.2, 0.25) is 0 Å². The van der Waals surface area contributed by atoms with Gasteiger partial charge in [0.15, 0.2) is 0 Å². The summed E-state index contributed by atoms with van der Waals surface area (Å²) in [6.45, 7) is 9.32. The van der Waals surface area contributed by atoms with Crippen LogP contribution < -0.4 is 10.6 Å². The number of carbonyl (C=O) groups excluding carboxylic acids is 3. The van der Waals surface area contributed by atoms with Crippen molar-refractivity contribution in [2.24, 2.45) is 5.41 Å². The first-order chi connectivity index (χ1) is 16.9. The Morgan fingerprint density at radius 3 is 2.42 bits per heavy atom. The molecule has 2 N–H and O–H groups in total. The van der Waals surface area contributed by atoms with Gasteiger partial charge >= 0.3 is 6.09 Å². The first-order valence-corrected chi connectivity index (χ1v) is 12.0. The molecule has 0 radical (unpaired) electrons. The number of nitrogens with one attached hydrogen (secondary N) is 2. The van der Waals surface area contributed by atoms with Gasteiger partial charge in [0.25, 0.3) is 0 Å². The molecular formula is C28H34N4O4. The predicted octanol–water partition coefficient (Wildman–Crippen LogP) is 4.37. The molecule has 0 saturated carbocycles. The molecule has 0 fully saturated rings. The van der Waals surface area contributed by atoms with Crippen molar-refractivity contribution < 1.29 is 19.1 Å². The van der Waals surface area contributed by atoms with Gasteiger partial charge in [0.1, 0.15) is 18.7 Å². The number of amides is 3. The standard InChI is InChI=1S/C28H34N4O4/c1-19(16-29)32(18-28(5)21-13-9-10-14-22(21)30-25(28)34)24(33)23(15-27(2,3)4)31-26(35)36-17-20-11-7-6-8-12-20/h6-14,19,23H,15,17-18H2,1-5H3,(H,30,34)(H,31,35)/t19-,23-,28-/m0/s1. The monoisotopic (exact) mass is 490 g/mol. The minimum Gasteiger partial charge on any atom is -0.445 e. The van der Waals surface area contributed by atoms with Gasteiger partial charge in [0, 0.05) is 12.2 Å². The van der Waals surface area contributed by atoms with Gasteiger partial charge in [-0.15, -0.1) is 0 Å². The molecule has 2 aromatic rings. The van der Waals surface area contributed by atoms with Crippen LogP contribution in [0.1, 0.15) is 52.2 Å². The first kappa shape index (κ1) is 26.7. The molecule has 0 aliphatic carbocycles. The quantitative estimate of drug-likeness (QED) is 0.571. The van der Waals surface area contributed by atoms with E-state index in [9.17, 15) is 19.6 Å². The number of benzene rings is 2. The van der Waals surface area contributed by atoms with E-state index < -0.39 is 29.5 Å². The number of anilines is 1. The fourth-order valence-electron chi connectivity index (χ4n) is 4.35. The van der Waals surface area contributed by atoms with Crippen LogP contribution in [0.5, 0.6) is 0 Å². The zero-order valence-electron chi connectivity index (χ0n) is 21.5. The summed E-state index contributed by atoms with van der Waals surface area (Å²) in [6.07, 6.45) is -0.401. The van der Waals surface area contributed by atoms with Gasteiger partial charge in [-0.2, -0.15) is 5.26 Å². The van der Waals surface area contributed by atoms with Crippen LogP contribution >= 0.6 is 0 Å². The molecule has 190 valence electrons. The molecule has 0 spiro atoms. The van der Waals surface area contributed by atoms with Gasteiger partial charge in [-0.05, 0) is 42.9 Å². The molecule has 8 nitrogen and oxygen atoms in total. The normalized spacial score (nSPS) is 18.3. The molecule has 36 heavy (non-hydrogen) atoms. The van der Waals surface area contributed by atoms with Crippen molar-refractivity contribution in [2.45, 2.75) is 65.1 Å². The zero-order chi connectivity index (χ0) is 26.5. The Morgan fingerprint density at radius 1 is 1.14 bits per heavy atom. The van der Waals surface area contributed by atoms with Crippen LogP contribution in [-0.4, -0.2) is 41.4 Å². The fourth-order valence-corrected chi connectivity index (χ4v) is 4.35. The lowest BCUT2D eigenvalue weighted by Crippen LogP contribution is -2.56. The molecule has 3 atom stereocenters. The topological polar surface area (TPSA) is 112 Å². The van der Waals surface area contributed by atoms with Crippen LogP contribution in [0.3, 0.4) is 0 Å². The van der Waals surface area contributed by atoms with Gasteiger partial charge < -0.3 is 20.3 Å². The summed E-state index contributed by atoms with van der Waals surface area (Å²) >= 11 is 0. The highest BCUT2D eigenvalue weighted by Gasteiger charge is 2.46. The van der Waals surface area contributed by atoms with Crippen molar-refractivity contribution in [3.05, 3.63) is 65.7 Å². The lowest BCUT2D eigenvalue weighted by atomic mass is 9.82. The summed E-state index contributed by atoms with van der Waals surface area (Å²) in [5.41, 5.74) is 0.925. The van der Waals surface area contributed by atoms with Crippen molar-refractivity contribution in [1.29, 1.82) is 5.26 Å². The van der Waals surface area contributed by atoms with E-state index in [2.05, 4.69) is 16.7 Å². The number of nitrogens with zero attached hydrogens (tertiary/aromatic N) is 2. The SMILES string of the molecule is C[C@@H](C#N)N(C[C@]1(C)C(=O)Nc2ccccc21)C(=O)[C@H](CC(C)(C)C)NC(=O)OCc1ccccc1. The third-order valence-electron chi connectivity index (χ3n) is 6.31. The third-order valence-corrected chi connectivity index (χ3v) is 6.31. The number of rotatable bonds is 8. The Hall–Kier alpha value is -3.86. The highest BCUT2D eigenvalue weighted by molar-refractivity contribution is 6.06. The summed E-state index contributed by atoms with van der Waals surface area (Å²) in [5, 5.41) is 15.3. The highest BCUT2D eigenvalue weighted by Crippen LogP contribution is 2.38. The second kappa shape index (κ2) is 10.8. The Morgan fingerprint density at radius 2 is 1.78 bits per heavy atom. The highest BCUT2D eigenvalue weighted by atomic mass is 16.5. The minimum absolute atomic E-state index is 0.00913. The van der Waals surface area contributed by atoms with Crippen molar-refractivity contribution in [2.75, 3.05) is 11.9 Å². The number of hydrogen-bond donors (Lipinski definition) is 2. The fraction of sp³-hybridized carbons (Fsp3) is 0.429. The Bertz CT molecular complexity index is 1150. The number of fused-ring (bicyclic) bond motifs is 1. The average Bonchev–Trinajstić information content (AvgIpc) is 3.09. The van der Waals surface area contributed by atoms with E-state index in [1.807, 2.05) is 75.4 Å². The van der Waals surface area contributed by atoms with E-state index >= 15 is 0 Å². The number of alkyl carbamates (subject to hydrolysis) is 1. The van der Waals surface area contributed by atoms with Gasteiger partial charge in [0.2, 0.25) is 11.8 Å². The van der Waals surface area contributed by atoms with E-state index in [4.69, 9.17) is 4.74 Å². The molecular weight excluding hydrogens is 456 g/mol. The molecule has 2 aromatic carbocycles. The number of nitriles is 1. The predicted molar refractivity (Wildman–Crippen MR) is 137 cm³/mol. The molecule has 8 heteroatoms. The number of hydrogen-bond acceptors (Lipinski definition) is 5. The summed E-state index contributed by atoms with van der Waals surface area (Å²) in [6, 6.07) is 16.9. The Balaban J connectivity index is 1.84. The largest absolute Gasteiger partial charge is 0.445 e. The minimum atomic E-state index is -1.04. The Kier molecular flexibility index (Phi) is 8.03. The first-order valence-electron chi connectivity index (χ1n) is 12.0. The van der Waals surface area contributed by atoms with E-state index in [1.165, 1.54) is 4.90 Å². The molecule has 0 bridgehead atoms.